The normalized spacial score (nSPS) is 10.4. The molecule has 7 heteroatoms. The Morgan fingerprint density at radius 3 is 2.83 bits per heavy atom. The number of halogens is 2. The van der Waals surface area contributed by atoms with Crippen molar-refractivity contribution < 1.29 is 9.18 Å². The van der Waals surface area contributed by atoms with Gasteiger partial charge < -0.3 is 4.90 Å². The molecule has 0 bridgehead atoms. The molecule has 18 heavy (non-hydrogen) atoms. The summed E-state index contributed by atoms with van der Waals surface area (Å²) in [7, 11) is 1.64. The van der Waals surface area contributed by atoms with E-state index in [-0.39, 0.29) is 5.91 Å². The highest BCUT2D eigenvalue weighted by Crippen LogP contribution is 2.25. The number of amides is 1. The van der Waals surface area contributed by atoms with Crippen LogP contribution in [0.25, 0.3) is 5.69 Å². The van der Waals surface area contributed by atoms with Gasteiger partial charge in [-0.05, 0) is 15.9 Å². The van der Waals surface area contributed by atoms with Crippen LogP contribution in [0.1, 0.15) is 6.92 Å². The molecule has 0 fully saturated rings. The van der Waals surface area contributed by atoms with Crippen molar-refractivity contribution in [2.45, 2.75) is 6.92 Å². The molecular weight excluding hydrogens is 303 g/mol. The Labute approximate surface area is 111 Å². The maximum Gasteiger partial charge on any atom is 0.223 e. The molecule has 2 aromatic heterocycles. The largest absolute Gasteiger partial charge is 0.312 e. The number of hydrogen-bond acceptors (Lipinski definition) is 3. The van der Waals surface area contributed by atoms with Gasteiger partial charge in [-0.3, -0.25) is 9.78 Å². The van der Waals surface area contributed by atoms with Crippen molar-refractivity contribution in [1.29, 1.82) is 0 Å². The zero-order valence-corrected chi connectivity index (χ0v) is 11.3. The molecule has 94 valence electrons. The molecule has 0 saturated carbocycles. The first-order valence-corrected chi connectivity index (χ1v) is 5.88. The van der Waals surface area contributed by atoms with Crippen molar-refractivity contribution in [2.24, 2.45) is 0 Å². The second-order valence-electron chi connectivity index (χ2n) is 3.69. The number of pyridine rings is 1. The van der Waals surface area contributed by atoms with Gasteiger partial charge in [-0.2, -0.15) is 5.10 Å². The molecule has 0 N–H and O–H groups in total. The van der Waals surface area contributed by atoms with Gasteiger partial charge in [-0.15, -0.1) is 0 Å². The lowest BCUT2D eigenvalue weighted by atomic mass is 10.4. The number of hydrogen-bond donors (Lipinski definition) is 0. The third-order valence-electron chi connectivity index (χ3n) is 2.44. The first kappa shape index (κ1) is 12.7. The Bertz CT molecular complexity index is 598. The molecule has 5 nitrogen and oxygen atoms in total. The van der Waals surface area contributed by atoms with Crippen LogP contribution in [0.15, 0.2) is 29.3 Å². The first-order chi connectivity index (χ1) is 8.49. The quantitative estimate of drug-likeness (QED) is 0.854. The zero-order chi connectivity index (χ0) is 13.3. The average molecular weight is 313 g/mol. The smallest absolute Gasteiger partial charge is 0.223 e. The lowest BCUT2D eigenvalue weighted by molar-refractivity contribution is -0.116. The van der Waals surface area contributed by atoms with Crippen LogP contribution in [0.4, 0.5) is 10.1 Å². The van der Waals surface area contributed by atoms with E-state index in [4.69, 9.17) is 0 Å². The van der Waals surface area contributed by atoms with Gasteiger partial charge in [-0.25, -0.2) is 9.07 Å². The Kier molecular flexibility index (Phi) is 3.42. The fraction of sp³-hybridized carbons (Fsp3) is 0.182. The number of carbonyl (C=O) groups is 1. The van der Waals surface area contributed by atoms with Crippen molar-refractivity contribution in [3.05, 3.63) is 35.1 Å². The standard InChI is InChI=1S/C11H10BrFN4O/c1-7(18)16(2)10-6-17(15-11(10)12)9-3-8(13)4-14-5-9/h3-6H,1-2H3. The Hall–Kier alpha value is -1.76. The molecule has 0 spiro atoms. The molecule has 0 saturated heterocycles. The van der Waals surface area contributed by atoms with E-state index in [1.165, 1.54) is 28.8 Å². The molecule has 0 radical (unpaired) electrons. The van der Waals surface area contributed by atoms with Crippen LogP contribution in [0.5, 0.6) is 0 Å². The molecule has 2 aromatic rings. The second kappa shape index (κ2) is 4.85. The van der Waals surface area contributed by atoms with E-state index in [1.807, 2.05) is 0 Å². The molecule has 0 aliphatic heterocycles. The van der Waals surface area contributed by atoms with E-state index < -0.39 is 5.82 Å². The van der Waals surface area contributed by atoms with E-state index >= 15 is 0 Å². The van der Waals surface area contributed by atoms with Gasteiger partial charge in [-0.1, -0.05) is 0 Å². The molecule has 0 atom stereocenters. The van der Waals surface area contributed by atoms with Crippen molar-refractivity contribution >= 4 is 27.5 Å². The van der Waals surface area contributed by atoms with Gasteiger partial charge in [0, 0.05) is 20.0 Å². The maximum atomic E-state index is 13.1. The molecule has 2 heterocycles. The third-order valence-corrected chi connectivity index (χ3v) is 3.00. The fourth-order valence-corrected chi connectivity index (χ4v) is 1.94. The summed E-state index contributed by atoms with van der Waals surface area (Å²) in [6.45, 7) is 1.45. The highest BCUT2D eigenvalue weighted by molar-refractivity contribution is 9.10. The average Bonchev–Trinajstić information content (AvgIpc) is 2.70. The van der Waals surface area contributed by atoms with Gasteiger partial charge in [0.2, 0.25) is 5.91 Å². The minimum Gasteiger partial charge on any atom is -0.312 e. The van der Waals surface area contributed by atoms with Crippen molar-refractivity contribution in [3.8, 4) is 5.69 Å². The third kappa shape index (κ3) is 2.40. The second-order valence-corrected chi connectivity index (χ2v) is 4.44. The Morgan fingerprint density at radius 2 is 2.22 bits per heavy atom. The van der Waals surface area contributed by atoms with Gasteiger partial charge >= 0.3 is 0 Å². The minimum absolute atomic E-state index is 0.118. The van der Waals surface area contributed by atoms with Crippen LogP contribution in [0.2, 0.25) is 0 Å². The van der Waals surface area contributed by atoms with Gasteiger partial charge in [0.25, 0.3) is 0 Å². The molecule has 0 aliphatic carbocycles. The summed E-state index contributed by atoms with van der Waals surface area (Å²) in [6.07, 6.45) is 4.23. The SMILES string of the molecule is CC(=O)N(C)c1cn(-c2cncc(F)c2)nc1Br. The van der Waals surface area contributed by atoms with Crippen molar-refractivity contribution in [1.82, 2.24) is 14.8 Å². The summed E-state index contributed by atoms with van der Waals surface area (Å²) in [5.74, 6) is -0.562. The molecule has 0 unspecified atom stereocenters. The summed E-state index contributed by atoms with van der Waals surface area (Å²) in [5, 5.41) is 4.16. The van der Waals surface area contributed by atoms with E-state index in [9.17, 15) is 9.18 Å². The van der Waals surface area contributed by atoms with E-state index in [2.05, 4.69) is 26.0 Å². The summed E-state index contributed by atoms with van der Waals surface area (Å²) >= 11 is 3.26. The summed E-state index contributed by atoms with van der Waals surface area (Å²) in [4.78, 5) is 16.5. The highest BCUT2D eigenvalue weighted by atomic mass is 79.9. The van der Waals surface area contributed by atoms with Crippen LogP contribution in [-0.2, 0) is 4.79 Å². The lowest BCUT2D eigenvalue weighted by Gasteiger charge is -2.11. The van der Waals surface area contributed by atoms with Gasteiger partial charge in [0.05, 0.1) is 30.0 Å². The molecule has 1 amide bonds. The maximum absolute atomic E-state index is 13.1. The number of carbonyl (C=O) groups excluding carboxylic acids is 1. The fourth-order valence-electron chi connectivity index (χ4n) is 1.40. The van der Waals surface area contributed by atoms with Crippen LogP contribution >= 0.6 is 15.9 Å². The van der Waals surface area contributed by atoms with Gasteiger partial charge in [0.1, 0.15) is 5.82 Å². The molecule has 2 rings (SSSR count). The Balaban J connectivity index is 2.43. The highest BCUT2D eigenvalue weighted by Gasteiger charge is 2.14. The number of nitrogens with zero attached hydrogens (tertiary/aromatic N) is 4. The van der Waals surface area contributed by atoms with Crippen LogP contribution < -0.4 is 4.90 Å². The summed E-state index contributed by atoms with van der Waals surface area (Å²) < 4.78 is 15.0. The molecule has 0 aliphatic rings. The predicted molar refractivity (Wildman–Crippen MR) is 68.1 cm³/mol. The van der Waals surface area contributed by atoms with Crippen molar-refractivity contribution in [3.63, 3.8) is 0 Å². The van der Waals surface area contributed by atoms with Gasteiger partial charge in [0.15, 0.2) is 4.60 Å². The van der Waals surface area contributed by atoms with E-state index in [0.717, 1.165) is 6.20 Å². The van der Waals surface area contributed by atoms with E-state index in [1.54, 1.807) is 13.2 Å². The number of rotatable bonds is 2. The predicted octanol–water partition coefficient (Wildman–Crippen LogP) is 2.15. The number of anilines is 1. The first-order valence-electron chi connectivity index (χ1n) is 5.09. The van der Waals surface area contributed by atoms with E-state index in [0.29, 0.717) is 16.0 Å². The van der Waals surface area contributed by atoms with Crippen molar-refractivity contribution in [2.75, 3.05) is 11.9 Å². The Morgan fingerprint density at radius 1 is 1.50 bits per heavy atom. The molecule has 0 aromatic carbocycles. The monoisotopic (exact) mass is 312 g/mol. The topological polar surface area (TPSA) is 51.0 Å². The lowest BCUT2D eigenvalue weighted by Crippen LogP contribution is -2.22. The number of aromatic nitrogens is 3. The van der Waals surface area contributed by atoms with Crippen LogP contribution in [0.3, 0.4) is 0 Å². The zero-order valence-electron chi connectivity index (χ0n) is 9.76. The minimum atomic E-state index is -0.444. The summed E-state index contributed by atoms with van der Waals surface area (Å²) in [5.41, 5.74) is 1.09. The molecular formula is C11H10BrFN4O. The summed E-state index contributed by atoms with van der Waals surface area (Å²) in [6, 6.07) is 1.31. The van der Waals surface area contributed by atoms with Crippen LogP contribution in [-0.4, -0.2) is 27.7 Å². The van der Waals surface area contributed by atoms with Crippen LogP contribution in [0, 0.1) is 5.82 Å².